The Balaban J connectivity index is 1.50. The van der Waals surface area contributed by atoms with Crippen molar-refractivity contribution in [1.29, 1.82) is 0 Å². The summed E-state index contributed by atoms with van der Waals surface area (Å²) in [5, 5.41) is 3.22. The smallest absolute Gasteiger partial charge is 0.240 e. The number of nitrogens with one attached hydrogen (secondary N) is 1. The van der Waals surface area contributed by atoms with E-state index in [0.29, 0.717) is 33.7 Å². The highest BCUT2D eigenvalue weighted by Gasteiger charge is 2.24. The first-order valence-electron chi connectivity index (χ1n) is 9.89. The molecule has 0 radical (unpaired) electrons. The van der Waals surface area contributed by atoms with E-state index in [2.05, 4.69) is 32.0 Å². The first-order valence-corrected chi connectivity index (χ1v) is 10.7. The molecule has 3 aromatic heterocycles. The lowest BCUT2D eigenvalue weighted by molar-refractivity contribution is -0.117. The highest BCUT2D eigenvalue weighted by Crippen LogP contribution is 2.33. The number of furan rings is 1. The molecule has 1 saturated heterocycles. The third kappa shape index (κ3) is 4.64. The van der Waals surface area contributed by atoms with Crippen LogP contribution in [0.4, 0.5) is 5.13 Å². The zero-order chi connectivity index (χ0) is 20.9. The zero-order valence-electron chi connectivity index (χ0n) is 16.7. The molecule has 4 heterocycles. The predicted molar refractivity (Wildman–Crippen MR) is 115 cm³/mol. The van der Waals surface area contributed by atoms with Crippen molar-refractivity contribution >= 4 is 28.2 Å². The lowest BCUT2D eigenvalue weighted by Crippen LogP contribution is -2.48. The van der Waals surface area contributed by atoms with Gasteiger partial charge < -0.3 is 14.6 Å². The van der Waals surface area contributed by atoms with E-state index in [1.165, 1.54) is 6.26 Å². The number of ketones is 1. The van der Waals surface area contributed by atoms with E-state index in [1.807, 2.05) is 0 Å². The van der Waals surface area contributed by atoms with E-state index in [-0.39, 0.29) is 11.7 Å². The van der Waals surface area contributed by atoms with Crippen LogP contribution in [0.1, 0.15) is 22.3 Å². The van der Waals surface area contributed by atoms with Crippen LogP contribution in [0, 0.1) is 0 Å². The number of thiazole rings is 1. The monoisotopic (exact) mass is 425 g/mol. The first kappa shape index (κ1) is 20.4. The summed E-state index contributed by atoms with van der Waals surface area (Å²) in [7, 11) is 0. The number of rotatable bonds is 7. The second-order valence-corrected chi connectivity index (χ2v) is 7.98. The standard InChI is InChI=1S/C21H23N5O3S/c1-2-25-9-11-26(12-10-25)14-17(27)23-21-24-18(16-7-5-13-29-16)20(30-21)19(28)15-6-3-4-8-22-15/h3-8,13H,2,9-12,14H2,1H3,(H,23,24,27). The summed E-state index contributed by atoms with van der Waals surface area (Å²) in [6.45, 7) is 7.13. The number of hydrogen-bond donors (Lipinski definition) is 1. The minimum atomic E-state index is -0.254. The number of nitrogens with zero attached hydrogens (tertiary/aromatic N) is 4. The molecule has 1 aliphatic rings. The van der Waals surface area contributed by atoms with Crippen LogP contribution in [0.3, 0.4) is 0 Å². The number of pyridine rings is 1. The SMILES string of the molecule is CCN1CCN(CC(=O)Nc2nc(-c3ccco3)c(C(=O)c3ccccn3)s2)CC1. The summed E-state index contributed by atoms with van der Waals surface area (Å²) in [5.74, 6) is 0.0777. The largest absolute Gasteiger partial charge is 0.463 e. The van der Waals surface area contributed by atoms with E-state index in [9.17, 15) is 9.59 Å². The normalized spacial score (nSPS) is 15.2. The molecule has 30 heavy (non-hydrogen) atoms. The van der Waals surface area contributed by atoms with Gasteiger partial charge >= 0.3 is 0 Å². The molecular weight excluding hydrogens is 402 g/mol. The molecule has 9 heteroatoms. The van der Waals surface area contributed by atoms with Crippen molar-refractivity contribution in [3.05, 3.63) is 53.4 Å². The van der Waals surface area contributed by atoms with Gasteiger partial charge in [0.15, 0.2) is 10.9 Å². The number of likely N-dealkylation sites (N-methyl/N-ethyl adjacent to an activating group) is 1. The van der Waals surface area contributed by atoms with Gasteiger partial charge in [-0.2, -0.15) is 0 Å². The number of aromatic nitrogens is 2. The Morgan fingerprint density at radius 3 is 2.60 bits per heavy atom. The predicted octanol–water partition coefficient (Wildman–Crippen LogP) is 2.61. The molecule has 0 spiro atoms. The Labute approximate surface area is 178 Å². The van der Waals surface area contributed by atoms with E-state index in [0.717, 1.165) is 44.1 Å². The van der Waals surface area contributed by atoms with Gasteiger partial charge in [-0.3, -0.25) is 19.5 Å². The Bertz CT molecular complexity index is 995. The van der Waals surface area contributed by atoms with Gasteiger partial charge in [-0.25, -0.2) is 4.98 Å². The molecule has 1 N–H and O–H groups in total. The van der Waals surface area contributed by atoms with Crippen molar-refractivity contribution in [3.63, 3.8) is 0 Å². The Hall–Kier alpha value is -2.88. The van der Waals surface area contributed by atoms with Gasteiger partial charge in [0.25, 0.3) is 0 Å². The fourth-order valence-corrected chi connectivity index (χ4v) is 4.28. The number of hydrogen-bond acceptors (Lipinski definition) is 8. The highest BCUT2D eigenvalue weighted by molar-refractivity contribution is 7.18. The van der Waals surface area contributed by atoms with Crippen molar-refractivity contribution in [1.82, 2.24) is 19.8 Å². The van der Waals surface area contributed by atoms with Crippen LogP contribution in [0.5, 0.6) is 0 Å². The van der Waals surface area contributed by atoms with E-state index in [4.69, 9.17) is 4.42 Å². The molecule has 1 aliphatic heterocycles. The van der Waals surface area contributed by atoms with Crippen LogP contribution in [-0.2, 0) is 4.79 Å². The Morgan fingerprint density at radius 1 is 1.13 bits per heavy atom. The molecule has 0 aliphatic carbocycles. The summed E-state index contributed by atoms with van der Waals surface area (Å²) in [6.07, 6.45) is 3.10. The van der Waals surface area contributed by atoms with Crippen molar-refractivity contribution in [2.24, 2.45) is 0 Å². The minimum absolute atomic E-state index is 0.142. The maximum absolute atomic E-state index is 13.0. The fourth-order valence-electron chi connectivity index (χ4n) is 3.35. The summed E-state index contributed by atoms with van der Waals surface area (Å²) >= 11 is 1.14. The number of carbonyl (C=O) groups is 2. The molecule has 3 aromatic rings. The lowest BCUT2D eigenvalue weighted by atomic mass is 10.1. The minimum Gasteiger partial charge on any atom is -0.463 e. The van der Waals surface area contributed by atoms with Gasteiger partial charge in [-0.15, -0.1) is 0 Å². The van der Waals surface area contributed by atoms with Gasteiger partial charge in [0.2, 0.25) is 11.7 Å². The fraction of sp³-hybridized carbons (Fsp3) is 0.333. The van der Waals surface area contributed by atoms with Crippen molar-refractivity contribution in [3.8, 4) is 11.5 Å². The molecule has 156 valence electrons. The van der Waals surface area contributed by atoms with Gasteiger partial charge in [0.1, 0.15) is 16.3 Å². The molecule has 0 bridgehead atoms. The molecule has 8 nitrogen and oxygen atoms in total. The van der Waals surface area contributed by atoms with Crippen LogP contribution in [0.2, 0.25) is 0 Å². The summed E-state index contributed by atoms with van der Waals surface area (Å²) in [5.41, 5.74) is 0.730. The quantitative estimate of drug-likeness (QED) is 0.582. The van der Waals surface area contributed by atoms with Gasteiger partial charge in [-0.1, -0.05) is 24.3 Å². The number of anilines is 1. The molecular formula is C21H23N5O3S. The Kier molecular flexibility index (Phi) is 6.32. The van der Waals surface area contributed by atoms with Crippen molar-refractivity contribution < 1.29 is 14.0 Å². The first-order chi connectivity index (χ1) is 14.6. The maximum Gasteiger partial charge on any atom is 0.240 e. The number of amides is 1. The van der Waals surface area contributed by atoms with Crippen LogP contribution >= 0.6 is 11.3 Å². The lowest BCUT2D eigenvalue weighted by Gasteiger charge is -2.33. The van der Waals surface area contributed by atoms with E-state index >= 15 is 0 Å². The molecule has 4 rings (SSSR count). The van der Waals surface area contributed by atoms with Crippen molar-refractivity contribution in [2.75, 3.05) is 44.6 Å². The molecule has 1 amide bonds. The third-order valence-electron chi connectivity index (χ3n) is 5.01. The average molecular weight is 426 g/mol. The maximum atomic E-state index is 13.0. The van der Waals surface area contributed by atoms with Gasteiger partial charge in [-0.05, 0) is 30.8 Å². The molecule has 0 aromatic carbocycles. The topological polar surface area (TPSA) is 91.6 Å². The summed E-state index contributed by atoms with van der Waals surface area (Å²) < 4.78 is 5.45. The molecule has 0 atom stereocenters. The second-order valence-electron chi connectivity index (χ2n) is 6.98. The van der Waals surface area contributed by atoms with E-state index in [1.54, 1.807) is 36.5 Å². The zero-order valence-corrected chi connectivity index (χ0v) is 17.5. The molecule has 0 unspecified atom stereocenters. The van der Waals surface area contributed by atoms with Gasteiger partial charge in [0, 0.05) is 32.4 Å². The third-order valence-corrected chi connectivity index (χ3v) is 5.98. The van der Waals surface area contributed by atoms with Crippen LogP contribution in [-0.4, -0.2) is 70.7 Å². The highest BCUT2D eigenvalue weighted by atomic mass is 32.1. The van der Waals surface area contributed by atoms with E-state index < -0.39 is 0 Å². The summed E-state index contributed by atoms with van der Waals surface area (Å²) in [6, 6.07) is 8.64. The number of piperazine rings is 1. The van der Waals surface area contributed by atoms with Crippen LogP contribution in [0.15, 0.2) is 47.2 Å². The molecule has 0 saturated carbocycles. The average Bonchev–Trinajstić information content (AvgIpc) is 3.44. The number of carbonyl (C=O) groups excluding carboxylic acids is 2. The Morgan fingerprint density at radius 2 is 1.93 bits per heavy atom. The van der Waals surface area contributed by atoms with Crippen molar-refractivity contribution in [2.45, 2.75) is 6.92 Å². The summed E-state index contributed by atoms with van der Waals surface area (Å²) in [4.78, 5) is 39.0. The van der Waals surface area contributed by atoms with Crippen LogP contribution < -0.4 is 5.32 Å². The second kappa shape index (κ2) is 9.29. The van der Waals surface area contributed by atoms with Crippen LogP contribution in [0.25, 0.3) is 11.5 Å². The van der Waals surface area contributed by atoms with Gasteiger partial charge in [0.05, 0.1) is 12.8 Å². The molecule has 1 fully saturated rings.